The van der Waals surface area contributed by atoms with Gasteiger partial charge in [0.05, 0.1) is 4.90 Å². The molecule has 0 bridgehead atoms. The number of sulfonamides is 1. The summed E-state index contributed by atoms with van der Waals surface area (Å²) in [6, 6.07) is 11.0. The SMILES string of the molecule is NC(=O)OC1CCCCC/C=C\C2CC2(C(=O)NS(=O)(=O)c2ccc3ccccc3c2)NC(=O)C2CCCN2C1=O. The van der Waals surface area contributed by atoms with Crippen molar-refractivity contribution >= 4 is 44.6 Å². The van der Waals surface area contributed by atoms with Crippen LogP contribution in [0.25, 0.3) is 10.8 Å². The van der Waals surface area contributed by atoms with Crippen LogP contribution in [0, 0.1) is 5.92 Å². The second-order valence-corrected chi connectivity index (χ2v) is 12.6. The molecule has 2 aromatic carbocycles. The third-order valence-corrected chi connectivity index (χ3v) is 9.43. The van der Waals surface area contributed by atoms with Gasteiger partial charge in [0.1, 0.15) is 11.6 Å². The molecule has 1 saturated heterocycles. The van der Waals surface area contributed by atoms with Gasteiger partial charge in [-0.1, -0.05) is 48.9 Å². The molecule has 4 atom stereocenters. The molecule has 12 heteroatoms. The maximum absolute atomic E-state index is 13.6. The molecule has 0 spiro atoms. The van der Waals surface area contributed by atoms with Gasteiger partial charge < -0.3 is 20.7 Å². The zero-order valence-corrected chi connectivity index (χ0v) is 23.4. The van der Waals surface area contributed by atoms with E-state index in [0.29, 0.717) is 31.1 Å². The lowest BCUT2D eigenvalue weighted by Crippen LogP contribution is -2.57. The van der Waals surface area contributed by atoms with Gasteiger partial charge >= 0.3 is 6.09 Å². The van der Waals surface area contributed by atoms with E-state index in [-0.39, 0.29) is 24.3 Å². The van der Waals surface area contributed by atoms with E-state index < -0.39 is 57.4 Å². The van der Waals surface area contributed by atoms with E-state index in [2.05, 4.69) is 10.0 Å². The Balaban J connectivity index is 1.39. The lowest BCUT2D eigenvalue weighted by molar-refractivity contribution is -0.146. The van der Waals surface area contributed by atoms with E-state index in [1.54, 1.807) is 18.2 Å². The monoisotopic (exact) mass is 582 g/mol. The molecule has 2 aromatic rings. The average molecular weight is 583 g/mol. The molecule has 3 aliphatic rings. The molecular formula is C29H34N4O7S. The van der Waals surface area contributed by atoms with Crippen LogP contribution in [0.5, 0.6) is 0 Å². The highest BCUT2D eigenvalue weighted by atomic mass is 32.2. The molecule has 4 N–H and O–H groups in total. The minimum Gasteiger partial charge on any atom is -0.436 e. The number of nitrogens with zero attached hydrogens (tertiary/aromatic N) is 1. The minimum atomic E-state index is -4.24. The van der Waals surface area contributed by atoms with Gasteiger partial charge in [-0.2, -0.15) is 0 Å². The van der Waals surface area contributed by atoms with E-state index >= 15 is 0 Å². The quantitative estimate of drug-likeness (QED) is 0.466. The summed E-state index contributed by atoms with van der Waals surface area (Å²) in [5.74, 6) is -2.29. The first-order valence-corrected chi connectivity index (χ1v) is 15.4. The van der Waals surface area contributed by atoms with E-state index in [1.165, 1.54) is 17.0 Å². The Morgan fingerprint density at radius 3 is 2.59 bits per heavy atom. The lowest BCUT2D eigenvalue weighted by atomic mass is 10.1. The summed E-state index contributed by atoms with van der Waals surface area (Å²) >= 11 is 0. The van der Waals surface area contributed by atoms with E-state index in [1.807, 2.05) is 24.3 Å². The van der Waals surface area contributed by atoms with E-state index in [4.69, 9.17) is 10.5 Å². The number of carbonyl (C=O) groups is 4. The smallest absolute Gasteiger partial charge is 0.405 e. The number of carbonyl (C=O) groups excluding carboxylic acids is 4. The minimum absolute atomic E-state index is 0.0646. The van der Waals surface area contributed by atoms with Gasteiger partial charge in [0.15, 0.2) is 6.10 Å². The predicted molar refractivity (Wildman–Crippen MR) is 150 cm³/mol. The van der Waals surface area contributed by atoms with E-state index in [9.17, 15) is 27.6 Å². The Labute approximate surface area is 238 Å². The molecular weight excluding hydrogens is 548 g/mol. The number of rotatable bonds is 4. The van der Waals surface area contributed by atoms with Crippen molar-refractivity contribution in [2.24, 2.45) is 11.7 Å². The van der Waals surface area contributed by atoms with Crippen LogP contribution in [0.3, 0.4) is 0 Å². The molecule has 0 radical (unpaired) electrons. The molecule has 11 nitrogen and oxygen atoms in total. The number of benzene rings is 2. The molecule has 4 unspecified atom stereocenters. The van der Waals surface area contributed by atoms with Crippen molar-refractivity contribution in [3.8, 4) is 0 Å². The van der Waals surface area contributed by atoms with Crippen LogP contribution in [-0.4, -0.2) is 61.4 Å². The van der Waals surface area contributed by atoms with Gasteiger partial charge in [0, 0.05) is 12.5 Å². The Kier molecular flexibility index (Phi) is 8.03. The summed E-state index contributed by atoms with van der Waals surface area (Å²) in [5, 5.41) is 4.36. The van der Waals surface area contributed by atoms with Crippen LogP contribution in [0.15, 0.2) is 59.5 Å². The highest BCUT2D eigenvalue weighted by Gasteiger charge is 2.61. The van der Waals surface area contributed by atoms with Crippen molar-refractivity contribution in [1.82, 2.24) is 14.9 Å². The predicted octanol–water partition coefficient (Wildman–Crippen LogP) is 2.49. The van der Waals surface area contributed by atoms with Gasteiger partial charge in [0.2, 0.25) is 5.91 Å². The summed E-state index contributed by atoms with van der Waals surface area (Å²) < 4.78 is 33.8. The lowest BCUT2D eigenvalue weighted by Gasteiger charge is -2.29. The number of hydrogen-bond donors (Lipinski definition) is 3. The maximum atomic E-state index is 13.6. The Morgan fingerprint density at radius 1 is 1.02 bits per heavy atom. The molecule has 218 valence electrons. The van der Waals surface area contributed by atoms with Crippen LogP contribution < -0.4 is 15.8 Å². The zero-order chi connectivity index (χ0) is 29.2. The third kappa shape index (κ3) is 6.07. The summed E-state index contributed by atoms with van der Waals surface area (Å²) in [5.41, 5.74) is 3.74. The first-order valence-electron chi connectivity index (χ1n) is 13.9. The van der Waals surface area contributed by atoms with Crippen molar-refractivity contribution in [2.75, 3.05) is 6.54 Å². The van der Waals surface area contributed by atoms with Crippen molar-refractivity contribution in [3.05, 3.63) is 54.6 Å². The fraction of sp³-hybridized carbons (Fsp3) is 0.448. The second kappa shape index (κ2) is 11.5. The summed E-state index contributed by atoms with van der Waals surface area (Å²) in [6.07, 6.45) is 5.93. The van der Waals surface area contributed by atoms with Gasteiger partial charge in [-0.3, -0.25) is 14.4 Å². The molecule has 0 aromatic heterocycles. The van der Waals surface area contributed by atoms with E-state index in [0.717, 1.165) is 18.2 Å². The standard InChI is InChI=1S/C29H34N4O7S/c30-28(37)40-24-13-5-3-1-2-4-11-21-18-29(21,31-25(34)23-12-8-16-33(23)26(24)35)27(36)32-41(38,39)22-15-14-19-9-6-7-10-20(19)17-22/h4,6-7,9-11,14-15,17,21,23-24H,1-3,5,8,12-13,16,18H2,(H2,30,37)(H,31,34)(H,32,36)/b11-4-. The maximum Gasteiger partial charge on any atom is 0.405 e. The largest absolute Gasteiger partial charge is 0.436 e. The number of amides is 4. The highest BCUT2D eigenvalue weighted by molar-refractivity contribution is 7.90. The Hall–Kier alpha value is -3.93. The molecule has 4 amide bonds. The average Bonchev–Trinajstić information content (AvgIpc) is 3.40. The number of fused-ring (bicyclic) bond motifs is 3. The molecule has 2 aliphatic heterocycles. The molecule has 1 saturated carbocycles. The Bertz CT molecular complexity index is 1510. The van der Waals surface area contributed by atoms with Crippen molar-refractivity contribution in [2.45, 2.75) is 73.9 Å². The van der Waals surface area contributed by atoms with Gasteiger partial charge in [-0.25, -0.2) is 17.9 Å². The van der Waals surface area contributed by atoms with Crippen molar-refractivity contribution < 1.29 is 32.3 Å². The fourth-order valence-corrected chi connectivity index (χ4v) is 6.86. The number of ether oxygens (including phenoxy) is 1. The first-order chi connectivity index (χ1) is 19.6. The van der Waals surface area contributed by atoms with Crippen molar-refractivity contribution in [1.29, 1.82) is 0 Å². The molecule has 5 rings (SSSR count). The topological polar surface area (TPSA) is 165 Å². The summed E-state index contributed by atoms with van der Waals surface area (Å²) in [7, 11) is -4.24. The zero-order valence-electron chi connectivity index (χ0n) is 22.6. The number of nitrogens with one attached hydrogen (secondary N) is 2. The highest BCUT2D eigenvalue weighted by Crippen LogP contribution is 2.46. The molecule has 41 heavy (non-hydrogen) atoms. The van der Waals surface area contributed by atoms with Crippen LogP contribution in [0.1, 0.15) is 51.4 Å². The van der Waals surface area contributed by atoms with Gasteiger partial charge in [-0.15, -0.1) is 0 Å². The molecule has 1 aliphatic carbocycles. The molecule has 2 heterocycles. The second-order valence-electron chi connectivity index (χ2n) is 10.9. The third-order valence-electron chi connectivity index (χ3n) is 8.10. The number of nitrogens with two attached hydrogens (primary N) is 1. The Morgan fingerprint density at radius 2 is 1.80 bits per heavy atom. The van der Waals surface area contributed by atoms with Gasteiger partial charge in [0.25, 0.3) is 21.8 Å². The fourth-order valence-electron chi connectivity index (χ4n) is 5.78. The van der Waals surface area contributed by atoms with Crippen molar-refractivity contribution in [3.63, 3.8) is 0 Å². The normalized spacial score (nSPS) is 27.9. The molecule has 2 fully saturated rings. The van der Waals surface area contributed by atoms with Crippen LogP contribution in [0.4, 0.5) is 4.79 Å². The van der Waals surface area contributed by atoms with Crippen LogP contribution >= 0.6 is 0 Å². The number of primary amides is 1. The summed E-state index contributed by atoms with van der Waals surface area (Å²) in [4.78, 5) is 53.3. The first kappa shape index (κ1) is 28.6. The van der Waals surface area contributed by atoms with Crippen LogP contribution in [-0.2, 0) is 29.1 Å². The number of allylic oxidation sites excluding steroid dienone is 1. The van der Waals surface area contributed by atoms with Gasteiger partial charge in [-0.05, 0) is 67.9 Å². The number of hydrogen-bond acceptors (Lipinski definition) is 7. The summed E-state index contributed by atoms with van der Waals surface area (Å²) in [6.45, 7) is 0.286. The van der Waals surface area contributed by atoms with Crippen LogP contribution in [0.2, 0.25) is 0 Å².